The molecule has 2 N–H and O–H groups in total. The average Bonchev–Trinajstić information content (AvgIpc) is 3.15. The maximum Gasteiger partial charge on any atom is 0.277 e. The van der Waals surface area contributed by atoms with Crippen molar-refractivity contribution >= 4 is 23.4 Å². The number of aliphatic hydroxyl groups is 1. The van der Waals surface area contributed by atoms with Crippen LogP contribution < -0.4 is 5.32 Å². The maximum absolute atomic E-state index is 12.9. The molecule has 3 amide bonds. The topological polar surface area (TPSA) is 90.0 Å². The van der Waals surface area contributed by atoms with E-state index in [9.17, 15) is 14.4 Å². The summed E-state index contributed by atoms with van der Waals surface area (Å²) in [6.07, 6.45) is 6.85. The fourth-order valence-corrected chi connectivity index (χ4v) is 4.21. The van der Waals surface area contributed by atoms with Crippen LogP contribution in [0, 0.1) is 0 Å². The second-order valence-corrected chi connectivity index (χ2v) is 7.26. The van der Waals surface area contributed by atoms with Crippen LogP contribution in [0.2, 0.25) is 0 Å². The number of rotatable bonds is 5. The van der Waals surface area contributed by atoms with E-state index >= 15 is 0 Å². The Balaban J connectivity index is 1.56. The Morgan fingerprint density at radius 1 is 1.07 bits per heavy atom. The molecule has 0 unspecified atom stereocenters. The number of imide groups is 1. The molecule has 0 spiro atoms. The number of carbonyl (C=O) groups excluding carboxylic acids is 3. The zero-order valence-corrected chi connectivity index (χ0v) is 15.1. The van der Waals surface area contributed by atoms with Crippen molar-refractivity contribution in [2.24, 2.45) is 0 Å². The number of benzene rings is 1. The normalized spacial score (nSPS) is 20.3. The first kappa shape index (κ1) is 17.7. The molecule has 2 aliphatic heterocycles. The van der Waals surface area contributed by atoms with E-state index in [2.05, 4.69) is 5.32 Å². The number of aliphatic hydroxyl groups excluding tert-OH is 1. The Bertz CT molecular complexity index is 827. The molecule has 1 fully saturated rings. The van der Waals surface area contributed by atoms with E-state index in [-0.39, 0.29) is 30.8 Å². The predicted molar refractivity (Wildman–Crippen MR) is 98.7 cm³/mol. The van der Waals surface area contributed by atoms with Gasteiger partial charge in [0.15, 0.2) is 0 Å². The molecule has 142 valence electrons. The summed E-state index contributed by atoms with van der Waals surface area (Å²) in [6.45, 7) is 0.224. The molecule has 1 saturated carbocycles. The number of hydrogen-bond donors (Lipinski definition) is 2. The van der Waals surface area contributed by atoms with Gasteiger partial charge in [0, 0.05) is 35.5 Å². The fourth-order valence-electron chi connectivity index (χ4n) is 4.21. The third-order valence-electron chi connectivity index (χ3n) is 5.61. The zero-order chi connectivity index (χ0) is 19.0. The summed E-state index contributed by atoms with van der Waals surface area (Å²) in [6, 6.07) is 5.71. The Labute approximate surface area is 157 Å². The minimum Gasteiger partial charge on any atom is -0.395 e. The van der Waals surface area contributed by atoms with Crippen LogP contribution in [0.5, 0.6) is 0 Å². The molecule has 1 aromatic carbocycles. The lowest BCUT2D eigenvalue weighted by Gasteiger charge is -2.31. The molecule has 1 aliphatic carbocycles. The summed E-state index contributed by atoms with van der Waals surface area (Å²) in [7, 11) is 0. The standard InChI is InChI=1S/C20H23N3O4/c24-10-9-22-18(25)11-17(20(22)27)21-16-8-4-7-14-15(16)12-23(19(14)26)13-5-2-1-3-6-13/h4,7-8,11,13,21,24H,1-3,5-6,9-10,12H2. The van der Waals surface area contributed by atoms with Gasteiger partial charge in [-0.05, 0) is 25.0 Å². The average molecular weight is 369 g/mol. The van der Waals surface area contributed by atoms with Crippen molar-refractivity contribution < 1.29 is 19.5 Å². The van der Waals surface area contributed by atoms with Crippen molar-refractivity contribution in [1.82, 2.24) is 9.80 Å². The van der Waals surface area contributed by atoms with E-state index in [1.54, 1.807) is 6.07 Å². The second kappa shape index (κ2) is 7.15. The monoisotopic (exact) mass is 369 g/mol. The number of anilines is 1. The van der Waals surface area contributed by atoms with Gasteiger partial charge < -0.3 is 15.3 Å². The van der Waals surface area contributed by atoms with Gasteiger partial charge in [0.25, 0.3) is 17.7 Å². The molecule has 0 saturated heterocycles. The lowest BCUT2D eigenvalue weighted by Crippen LogP contribution is -2.36. The van der Waals surface area contributed by atoms with Gasteiger partial charge >= 0.3 is 0 Å². The van der Waals surface area contributed by atoms with Gasteiger partial charge in [0.2, 0.25) is 0 Å². The van der Waals surface area contributed by atoms with E-state index in [1.807, 2.05) is 17.0 Å². The molecular formula is C20H23N3O4. The van der Waals surface area contributed by atoms with E-state index in [1.165, 1.54) is 12.5 Å². The van der Waals surface area contributed by atoms with Crippen LogP contribution >= 0.6 is 0 Å². The quantitative estimate of drug-likeness (QED) is 0.770. The summed E-state index contributed by atoms with van der Waals surface area (Å²) < 4.78 is 0. The lowest BCUT2D eigenvalue weighted by molar-refractivity contribution is -0.137. The van der Waals surface area contributed by atoms with Crippen molar-refractivity contribution in [1.29, 1.82) is 0 Å². The van der Waals surface area contributed by atoms with Crippen LogP contribution in [0.4, 0.5) is 5.69 Å². The molecule has 7 heteroatoms. The maximum atomic E-state index is 12.9. The van der Waals surface area contributed by atoms with Crippen LogP contribution in [0.15, 0.2) is 30.0 Å². The molecule has 0 atom stereocenters. The highest BCUT2D eigenvalue weighted by Gasteiger charge is 2.36. The van der Waals surface area contributed by atoms with Crippen molar-refractivity contribution in [2.75, 3.05) is 18.5 Å². The second-order valence-electron chi connectivity index (χ2n) is 7.26. The highest BCUT2D eigenvalue weighted by atomic mass is 16.3. The van der Waals surface area contributed by atoms with Gasteiger partial charge in [-0.2, -0.15) is 0 Å². The number of fused-ring (bicyclic) bond motifs is 1. The van der Waals surface area contributed by atoms with Gasteiger partial charge in [0.05, 0.1) is 13.2 Å². The van der Waals surface area contributed by atoms with Crippen molar-refractivity contribution in [3.8, 4) is 0 Å². The summed E-state index contributed by atoms with van der Waals surface area (Å²) in [5.41, 5.74) is 2.38. The Kier molecular flexibility index (Phi) is 4.70. The zero-order valence-electron chi connectivity index (χ0n) is 15.1. The van der Waals surface area contributed by atoms with Gasteiger partial charge in [-0.1, -0.05) is 25.3 Å². The smallest absolute Gasteiger partial charge is 0.277 e. The summed E-state index contributed by atoms with van der Waals surface area (Å²) in [5, 5.41) is 12.1. The molecule has 0 bridgehead atoms. The molecule has 3 aliphatic rings. The molecule has 0 aromatic heterocycles. The molecule has 27 heavy (non-hydrogen) atoms. The van der Waals surface area contributed by atoms with Gasteiger partial charge in [-0.25, -0.2) is 0 Å². The lowest BCUT2D eigenvalue weighted by atomic mass is 9.94. The molecule has 0 radical (unpaired) electrons. The first-order valence-corrected chi connectivity index (χ1v) is 9.48. The molecule has 7 nitrogen and oxygen atoms in total. The predicted octanol–water partition coefficient (Wildman–Crippen LogP) is 1.63. The number of nitrogens with zero attached hydrogens (tertiary/aromatic N) is 2. The highest BCUT2D eigenvalue weighted by Crippen LogP contribution is 2.35. The summed E-state index contributed by atoms with van der Waals surface area (Å²) >= 11 is 0. The molecular weight excluding hydrogens is 346 g/mol. The fraction of sp³-hybridized carbons (Fsp3) is 0.450. The van der Waals surface area contributed by atoms with Crippen LogP contribution in [0.3, 0.4) is 0 Å². The van der Waals surface area contributed by atoms with E-state index in [4.69, 9.17) is 5.11 Å². The van der Waals surface area contributed by atoms with Crippen LogP contribution in [-0.4, -0.2) is 51.8 Å². The largest absolute Gasteiger partial charge is 0.395 e. The Hall–Kier alpha value is -2.67. The summed E-state index contributed by atoms with van der Waals surface area (Å²) in [5.74, 6) is -0.852. The number of amides is 3. The highest BCUT2D eigenvalue weighted by molar-refractivity contribution is 6.17. The summed E-state index contributed by atoms with van der Waals surface area (Å²) in [4.78, 5) is 40.1. The minimum atomic E-state index is -0.458. The number of carbonyl (C=O) groups is 3. The molecule has 1 aromatic rings. The SMILES string of the molecule is O=C1C=C(Nc2cccc3c2CN(C2CCCCC2)C3=O)C(=O)N1CCO. The molecule has 2 heterocycles. The number of nitrogens with one attached hydrogen (secondary N) is 1. The molecule has 4 rings (SSSR count). The van der Waals surface area contributed by atoms with E-state index < -0.39 is 11.8 Å². The third kappa shape index (κ3) is 3.12. The van der Waals surface area contributed by atoms with Crippen LogP contribution in [-0.2, 0) is 16.1 Å². The van der Waals surface area contributed by atoms with Gasteiger partial charge in [0.1, 0.15) is 5.70 Å². The third-order valence-corrected chi connectivity index (χ3v) is 5.61. The van der Waals surface area contributed by atoms with Gasteiger partial charge in [-0.15, -0.1) is 0 Å². The Morgan fingerprint density at radius 3 is 2.59 bits per heavy atom. The number of hydrogen-bond acceptors (Lipinski definition) is 5. The van der Waals surface area contributed by atoms with Crippen molar-refractivity contribution in [3.05, 3.63) is 41.1 Å². The van der Waals surface area contributed by atoms with Crippen molar-refractivity contribution in [3.63, 3.8) is 0 Å². The number of β-amino-alcohol motifs (C(OH)–C–C–N with tert-alkyl or cyclic N) is 1. The van der Waals surface area contributed by atoms with Gasteiger partial charge in [-0.3, -0.25) is 19.3 Å². The van der Waals surface area contributed by atoms with E-state index in [0.29, 0.717) is 17.8 Å². The Morgan fingerprint density at radius 2 is 1.85 bits per heavy atom. The van der Waals surface area contributed by atoms with Crippen molar-refractivity contribution in [2.45, 2.75) is 44.7 Å². The minimum absolute atomic E-state index is 0.0276. The van der Waals surface area contributed by atoms with Crippen LogP contribution in [0.25, 0.3) is 0 Å². The first-order chi connectivity index (χ1) is 13.1. The van der Waals surface area contributed by atoms with Crippen LogP contribution in [0.1, 0.15) is 48.0 Å². The first-order valence-electron chi connectivity index (χ1n) is 9.48. The van der Waals surface area contributed by atoms with E-state index in [0.717, 1.165) is 36.1 Å².